The maximum atomic E-state index is 12.0. The molecule has 2 heterocycles. The summed E-state index contributed by atoms with van der Waals surface area (Å²) in [4.78, 5) is 16.2. The third-order valence-electron chi connectivity index (χ3n) is 3.71. The third kappa shape index (κ3) is 3.70. The van der Waals surface area contributed by atoms with Gasteiger partial charge in [0.05, 0.1) is 13.2 Å². The Bertz CT molecular complexity index is 468. The molecular weight excluding hydrogens is 256 g/mol. The van der Waals surface area contributed by atoms with Gasteiger partial charge in [0.15, 0.2) is 0 Å². The van der Waals surface area contributed by atoms with Crippen LogP contribution in [-0.2, 0) is 4.74 Å². The van der Waals surface area contributed by atoms with Gasteiger partial charge in [-0.3, -0.25) is 4.79 Å². The highest BCUT2D eigenvalue weighted by molar-refractivity contribution is 5.94. The molecule has 5 heteroatoms. The lowest BCUT2D eigenvalue weighted by atomic mass is 10.2. The lowest BCUT2D eigenvalue weighted by molar-refractivity contribution is 0.0951. The molecule has 1 amide bonds. The fourth-order valence-corrected chi connectivity index (χ4v) is 2.29. The van der Waals surface area contributed by atoms with Crippen molar-refractivity contribution in [3.05, 3.63) is 23.9 Å². The standard InChI is InChI=1S/C15H20N2O3/c18-15(17-6-3-11-1-2-11)12-4-7-16-14(9-12)20-13-5-8-19-10-13/h4,7,9,11,13H,1-3,5-6,8,10H2,(H,17,18)/t13-/m0/s1. The van der Waals surface area contributed by atoms with Gasteiger partial charge in [0.1, 0.15) is 6.10 Å². The van der Waals surface area contributed by atoms with Gasteiger partial charge in [-0.25, -0.2) is 4.98 Å². The first-order valence-corrected chi connectivity index (χ1v) is 7.30. The summed E-state index contributed by atoms with van der Waals surface area (Å²) in [5, 5.41) is 2.94. The number of carbonyl (C=O) groups excluding carboxylic acids is 1. The molecule has 20 heavy (non-hydrogen) atoms. The van der Waals surface area contributed by atoms with Gasteiger partial charge >= 0.3 is 0 Å². The zero-order chi connectivity index (χ0) is 13.8. The highest BCUT2D eigenvalue weighted by atomic mass is 16.5. The predicted molar refractivity (Wildman–Crippen MR) is 73.8 cm³/mol. The first kappa shape index (κ1) is 13.4. The molecular formula is C15H20N2O3. The Morgan fingerprint density at radius 2 is 2.35 bits per heavy atom. The molecule has 108 valence electrons. The molecule has 0 aromatic carbocycles. The molecule has 0 radical (unpaired) electrons. The number of carbonyl (C=O) groups is 1. The number of amides is 1. The minimum atomic E-state index is -0.0550. The van der Waals surface area contributed by atoms with Gasteiger partial charge in [-0.1, -0.05) is 12.8 Å². The molecule has 2 aliphatic rings. The second-order valence-electron chi connectivity index (χ2n) is 5.47. The third-order valence-corrected chi connectivity index (χ3v) is 3.71. The molecule has 0 spiro atoms. The van der Waals surface area contributed by atoms with E-state index in [9.17, 15) is 4.79 Å². The number of nitrogens with zero attached hydrogens (tertiary/aromatic N) is 1. The number of nitrogens with one attached hydrogen (secondary N) is 1. The molecule has 1 atom stereocenters. The van der Waals surface area contributed by atoms with Crippen molar-refractivity contribution in [1.29, 1.82) is 0 Å². The van der Waals surface area contributed by atoms with E-state index in [0.29, 0.717) is 18.1 Å². The van der Waals surface area contributed by atoms with Crippen LogP contribution in [0.3, 0.4) is 0 Å². The minimum absolute atomic E-state index is 0.0516. The summed E-state index contributed by atoms with van der Waals surface area (Å²) in [6, 6.07) is 3.41. The van der Waals surface area contributed by atoms with Crippen LogP contribution in [0.25, 0.3) is 0 Å². The van der Waals surface area contributed by atoms with Gasteiger partial charge in [-0.2, -0.15) is 0 Å². The Kier molecular flexibility index (Phi) is 4.16. The van der Waals surface area contributed by atoms with Crippen molar-refractivity contribution < 1.29 is 14.3 Å². The summed E-state index contributed by atoms with van der Waals surface area (Å²) in [5.74, 6) is 1.27. The van der Waals surface area contributed by atoms with Crippen LogP contribution < -0.4 is 10.1 Å². The Hall–Kier alpha value is -1.62. The normalized spacial score (nSPS) is 21.7. The van der Waals surface area contributed by atoms with E-state index in [1.807, 2.05) is 0 Å². The molecule has 3 rings (SSSR count). The van der Waals surface area contributed by atoms with Crippen LogP contribution in [0.15, 0.2) is 18.3 Å². The highest BCUT2D eigenvalue weighted by Crippen LogP contribution is 2.31. The van der Waals surface area contributed by atoms with E-state index < -0.39 is 0 Å². The molecule has 0 bridgehead atoms. The van der Waals surface area contributed by atoms with E-state index in [1.165, 1.54) is 12.8 Å². The predicted octanol–water partition coefficient (Wildman–Crippen LogP) is 1.78. The molecule has 1 saturated heterocycles. The van der Waals surface area contributed by atoms with Gasteiger partial charge in [0.2, 0.25) is 5.88 Å². The van der Waals surface area contributed by atoms with Gasteiger partial charge in [0, 0.05) is 30.8 Å². The van der Waals surface area contributed by atoms with Gasteiger partial charge in [-0.05, 0) is 18.4 Å². The van der Waals surface area contributed by atoms with Crippen molar-refractivity contribution in [2.24, 2.45) is 5.92 Å². The Labute approximate surface area is 118 Å². The first-order valence-electron chi connectivity index (χ1n) is 7.30. The molecule has 0 unspecified atom stereocenters. The summed E-state index contributed by atoms with van der Waals surface area (Å²) < 4.78 is 11.0. The summed E-state index contributed by atoms with van der Waals surface area (Å²) >= 11 is 0. The van der Waals surface area contributed by atoms with Crippen molar-refractivity contribution in [2.75, 3.05) is 19.8 Å². The molecule has 1 aliphatic carbocycles. The zero-order valence-electron chi connectivity index (χ0n) is 11.5. The van der Waals surface area contributed by atoms with Crippen molar-refractivity contribution in [2.45, 2.75) is 31.8 Å². The number of aromatic nitrogens is 1. The Balaban J connectivity index is 1.53. The number of hydrogen-bond donors (Lipinski definition) is 1. The number of ether oxygens (including phenoxy) is 2. The highest BCUT2D eigenvalue weighted by Gasteiger charge is 2.21. The minimum Gasteiger partial charge on any atom is -0.472 e. The van der Waals surface area contributed by atoms with E-state index >= 15 is 0 Å². The van der Waals surface area contributed by atoms with Gasteiger partial charge in [-0.15, -0.1) is 0 Å². The fourth-order valence-electron chi connectivity index (χ4n) is 2.29. The maximum absolute atomic E-state index is 12.0. The van der Waals surface area contributed by atoms with E-state index in [1.54, 1.807) is 18.3 Å². The quantitative estimate of drug-likeness (QED) is 0.860. The van der Waals surface area contributed by atoms with Crippen LogP contribution >= 0.6 is 0 Å². The van der Waals surface area contributed by atoms with Crippen molar-refractivity contribution in [3.8, 4) is 5.88 Å². The van der Waals surface area contributed by atoms with Crippen LogP contribution in [0.2, 0.25) is 0 Å². The van der Waals surface area contributed by atoms with E-state index in [-0.39, 0.29) is 12.0 Å². The smallest absolute Gasteiger partial charge is 0.251 e. The van der Waals surface area contributed by atoms with Crippen LogP contribution in [-0.4, -0.2) is 36.8 Å². The van der Waals surface area contributed by atoms with Crippen molar-refractivity contribution in [3.63, 3.8) is 0 Å². The molecule has 1 aromatic rings. The average molecular weight is 276 g/mol. The number of pyridine rings is 1. The average Bonchev–Trinajstić information content (AvgIpc) is 3.14. The van der Waals surface area contributed by atoms with Gasteiger partial charge in [0.25, 0.3) is 5.91 Å². The number of rotatable bonds is 6. The second-order valence-corrected chi connectivity index (χ2v) is 5.47. The molecule has 1 aromatic heterocycles. The van der Waals surface area contributed by atoms with Gasteiger partial charge < -0.3 is 14.8 Å². The van der Waals surface area contributed by atoms with Crippen molar-refractivity contribution >= 4 is 5.91 Å². The summed E-state index contributed by atoms with van der Waals surface area (Å²) in [5.41, 5.74) is 0.602. The lowest BCUT2D eigenvalue weighted by Gasteiger charge is -2.11. The summed E-state index contributed by atoms with van der Waals surface area (Å²) in [7, 11) is 0. The largest absolute Gasteiger partial charge is 0.472 e. The Morgan fingerprint density at radius 3 is 3.10 bits per heavy atom. The first-order chi connectivity index (χ1) is 9.81. The van der Waals surface area contributed by atoms with E-state index in [0.717, 1.165) is 31.9 Å². The molecule has 2 fully saturated rings. The zero-order valence-corrected chi connectivity index (χ0v) is 11.5. The maximum Gasteiger partial charge on any atom is 0.251 e. The summed E-state index contributed by atoms with van der Waals surface area (Å²) in [6.45, 7) is 2.07. The Morgan fingerprint density at radius 1 is 1.45 bits per heavy atom. The molecule has 1 aliphatic heterocycles. The monoisotopic (exact) mass is 276 g/mol. The number of hydrogen-bond acceptors (Lipinski definition) is 4. The molecule has 5 nitrogen and oxygen atoms in total. The second kappa shape index (κ2) is 6.22. The van der Waals surface area contributed by atoms with Crippen molar-refractivity contribution in [1.82, 2.24) is 10.3 Å². The topological polar surface area (TPSA) is 60.5 Å². The fraction of sp³-hybridized carbons (Fsp3) is 0.600. The van der Waals surface area contributed by atoms with Crippen LogP contribution in [0.4, 0.5) is 0 Å². The van der Waals surface area contributed by atoms with Crippen LogP contribution in [0.5, 0.6) is 5.88 Å². The van der Waals surface area contributed by atoms with E-state index in [2.05, 4.69) is 10.3 Å². The van der Waals surface area contributed by atoms with Crippen LogP contribution in [0.1, 0.15) is 36.0 Å². The SMILES string of the molecule is O=C(NCCC1CC1)c1ccnc(O[C@H]2CCOC2)c1. The molecule has 1 saturated carbocycles. The molecule has 1 N–H and O–H groups in total. The van der Waals surface area contributed by atoms with Crippen LogP contribution in [0, 0.1) is 5.92 Å². The van der Waals surface area contributed by atoms with E-state index in [4.69, 9.17) is 9.47 Å². The summed E-state index contributed by atoms with van der Waals surface area (Å²) in [6.07, 6.45) is 6.25. The lowest BCUT2D eigenvalue weighted by Crippen LogP contribution is -2.25.